The van der Waals surface area contributed by atoms with Crippen LogP contribution in [0.5, 0.6) is 5.75 Å². The third kappa shape index (κ3) is 3.83. The minimum atomic E-state index is 0. The number of benzene rings is 1. The van der Waals surface area contributed by atoms with Gasteiger partial charge in [-0.15, -0.1) is 12.1 Å². The normalized spacial score (nSPS) is 16.8. The maximum absolute atomic E-state index is 5.84. The average molecular weight is 256 g/mol. The van der Waals surface area contributed by atoms with Gasteiger partial charge in [-0.1, -0.05) is 12.1 Å². The molecule has 0 aliphatic heterocycles. The van der Waals surface area contributed by atoms with Gasteiger partial charge in [0.2, 0.25) is 0 Å². The first-order valence-corrected chi connectivity index (χ1v) is 5.28. The second-order valence-electron chi connectivity index (χ2n) is 3.86. The monoisotopic (exact) mass is 254 g/mol. The molecule has 1 saturated carbocycles. The molecule has 78 valence electrons. The maximum Gasteiger partial charge on any atom is 0.0955 e. The van der Waals surface area contributed by atoms with E-state index < -0.39 is 0 Å². The van der Waals surface area contributed by atoms with E-state index in [9.17, 15) is 0 Å². The molecule has 1 fully saturated rings. The zero-order chi connectivity index (χ0) is 9.80. The molecule has 2 N–H and O–H groups in total. The summed E-state index contributed by atoms with van der Waals surface area (Å²) in [5.74, 6) is 0.883. The number of hydrogen-bond donors (Lipinski definition) is 1. The number of anilines is 1. The van der Waals surface area contributed by atoms with Crippen molar-refractivity contribution >= 4 is 5.69 Å². The first kappa shape index (κ1) is 12.5. The fourth-order valence-corrected chi connectivity index (χ4v) is 1.91. The molecule has 1 aliphatic carbocycles. The summed E-state index contributed by atoms with van der Waals surface area (Å²) in [5, 5.41) is 0. The Morgan fingerprint density at radius 2 is 2.00 bits per heavy atom. The summed E-state index contributed by atoms with van der Waals surface area (Å²) in [5.41, 5.74) is 6.28. The van der Waals surface area contributed by atoms with Gasteiger partial charge in [-0.3, -0.25) is 0 Å². The molecule has 3 heteroatoms. The van der Waals surface area contributed by atoms with E-state index >= 15 is 0 Å². The van der Waals surface area contributed by atoms with Crippen LogP contribution in [-0.4, -0.2) is 6.10 Å². The number of nitrogen functional groups attached to an aromatic ring is 1. The van der Waals surface area contributed by atoms with Gasteiger partial charge in [0, 0.05) is 25.2 Å². The topological polar surface area (TPSA) is 35.2 Å². The molecule has 0 unspecified atom stereocenters. The van der Waals surface area contributed by atoms with Crippen molar-refractivity contribution in [2.24, 2.45) is 0 Å². The van der Waals surface area contributed by atoms with E-state index in [1.807, 2.05) is 18.2 Å². The summed E-state index contributed by atoms with van der Waals surface area (Å²) in [7, 11) is 0. The van der Waals surface area contributed by atoms with Gasteiger partial charge in [-0.25, -0.2) is 0 Å². The molecule has 0 heterocycles. The largest absolute Gasteiger partial charge is 0.516 e. The molecule has 1 aromatic rings. The predicted octanol–water partition coefficient (Wildman–Crippen LogP) is 2.78. The number of ether oxygens (including phenoxy) is 1. The number of rotatable bonds is 2. The van der Waals surface area contributed by atoms with Gasteiger partial charge >= 0.3 is 0 Å². The second kappa shape index (κ2) is 6.12. The minimum absolute atomic E-state index is 0. The molecule has 0 atom stereocenters. The van der Waals surface area contributed by atoms with Crippen molar-refractivity contribution in [1.82, 2.24) is 0 Å². The molecule has 2 nitrogen and oxygen atoms in total. The summed E-state index contributed by atoms with van der Waals surface area (Å²) in [6, 6.07) is 8.48. The van der Waals surface area contributed by atoms with Crippen LogP contribution >= 0.6 is 0 Å². The Hall–Kier alpha value is -0.557. The molecule has 15 heavy (non-hydrogen) atoms. The zero-order valence-corrected chi connectivity index (χ0v) is 12.0. The van der Waals surface area contributed by atoms with Gasteiger partial charge in [-0.2, -0.15) is 12.1 Å². The van der Waals surface area contributed by atoms with Crippen LogP contribution in [-0.2, 0) is 19.5 Å². The summed E-state index contributed by atoms with van der Waals surface area (Å²) in [4.78, 5) is 0. The van der Waals surface area contributed by atoms with Crippen molar-refractivity contribution < 1.29 is 24.2 Å². The molecule has 0 radical (unpaired) electrons. The molecule has 2 rings (SSSR count). The van der Waals surface area contributed by atoms with Crippen molar-refractivity contribution in [3.63, 3.8) is 0 Å². The fourth-order valence-electron chi connectivity index (χ4n) is 1.91. The molecular formula is C12H16NOZn-. The van der Waals surface area contributed by atoms with Crippen molar-refractivity contribution in [3.8, 4) is 5.75 Å². The SMILES string of the molecule is Nc1[c-]ccc(OC2CCCCC2)c1.[Zn]. The van der Waals surface area contributed by atoms with Crippen molar-refractivity contribution in [1.29, 1.82) is 0 Å². The Morgan fingerprint density at radius 3 is 2.67 bits per heavy atom. The molecule has 1 aromatic carbocycles. The molecule has 0 spiro atoms. The van der Waals surface area contributed by atoms with E-state index in [0.29, 0.717) is 11.8 Å². The van der Waals surface area contributed by atoms with Gasteiger partial charge < -0.3 is 10.5 Å². The molecule has 0 bridgehead atoms. The van der Waals surface area contributed by atoms with Gasteiger partial charge in [0.15, 0.2) is 0 Å². The number of hydrogen-bond acceptors (Lipinski definition) is 2. The minimum Gasteiger partial charge on any atom is -0.516 e. The first-order chi connectivity index (χ1) is 6.84. The van der Waals surface area contributed by atoms with Gasteiger partial charge in [-0.05, 0) is 25.7 Å². The van der Waals surface area contributed by atoms with Crippen molar-refractivity contribution in [3.05, 3.63) is 24.3 Å². The summed E-state index contributed by atoms with van der Waals surface area (Å²) in [6.45, 7) is 0. The third-order valence-electron chi connectivity index (χ3n) is 2.65. The van der Waals surface area contributed by atoms with Crippen LogP contribution in [0.25, 0.3) is 0 Å². The van der Waals surface area contributed by atoms with Crippen molar-refractivity contribution in [2.75, 3.05) is 5.73 Å². The Bertz CT molecular complexity index is 297. The molecule has 0 amide bonds. The number of nitrogens with two attached hydrogens (primary N) is 1. The van der Waals surface area contributed by atoms with Gasteiger partial charge in [0.25, 0.3) is 0 Å². The van der Waals surface area contributed by atoms with Crippen LogP contribution in [0.2, 0.25) is 0 Å². The predicted molar refractivity (Wildman–Crippen MR) is 57.2 cm³/mol. The van der Waals surface area contributed by atoms with Crippen LogP contribution in [0.15, 0.2) is 18.2 Å². The second-order valence-corrected chi connectivity index (χ2v) is 3.86. The van der Waals surface area contributed by atoms with E-state index in [1.165, 1.54) is 32.1 Å². The standard InChI is InChI=1S/C12H16NO.Zn/c13-10-5-4-8-12(9-10)14-11-6-2-1-3-7-11;/h4,8-9,11H,1-3,6-7,13H2;/q-1;. The van der Waals surface area contributed by atoms with Gasteiger partial charge in [0.05, 0.1) is 6.10 Å². The van der Waals surface area contributed by atoms with Crippen LogP contribution < -0.4 is 10.5 Å². The summed E-state index contributed by atoms with van der Waals surface area (Å²) in [6.07, 6.45) is 6.69. The Morgan fingerprint density at radius 1 is 1.27 bits per heavy atom. The van der Waals surface area contributed by atoms with E-state index in [0.717, 1.165) is 5.75 Å². The smallest absolute Gasteiger partial charge is 0.0955 e. The quantitative estimate of drug-likeness (QED) is 0.501. The van der Waals surface area contributed by atoms with Gasteiger partial charge in [0.1, 0.15) is 0 Å². The molecule has 0 aromatic heterocycles. The van der Waals surface area contributed by atoms with E-state index in [2.05, 4.69) is 6.07 Å². The van der Waals surface area contributed by atoms with Crippen LogP contribution in [0.3, 0.4) is 0 Å². The average Bonchev–Trinajstić information content (AvgIpc) is 2.19. The van der Waals surface area contributed by atoms with Crippen LogP contribution in [0, 0.1) is 6.07 Å². The fraction of sp³-hybridized carbons (Fsp3) is 0.500. The van der Waals surface area contributed by atoms with E-state index in [1.54, 1.807) is 0 Å². The van der Waals surface area contributed by atoms with E-state index in [4.69, 9.17) is 10.5 Å². The molecular weight excluding hydrogens is 240 g/mol. The first-order valence-electron chi connectivity index (χ1n) is 5.28. The third-order valence-corrected chi connectivity index (χ3v) is 2.65. The summed E-state index contributed by atoms with van der Waals surface area (Å²) < 4.78 is 5.84. The van der Waals surface area contributed by atoms with Crippen LogP contribution in [0.1, 0.15) is 32.1 Å². The summed E-state index contributed by atoms with van der Waals surface area (Å²) >= 11 is 0. The van der Waals surface area contributed by atoms with Crippen LogP contribution in [0.4, 0.5) is 5.69 Å². The van der Waals surface area contributed by atoms with E-state index in [-0.39, 0.29) is 19.5 Å². The van der Waals surface area contributed by atoms with Crippen molar-refractivity contribution in [2.45, 2.75) is 38.2 Å². The Balaban J connectivity index is 0.00000112. The molecule has 1 aliphatic rings. The Kier molecular flexibility index (Phi) is 5.10. The zero-order valence-electron chi connectivity index (χ0n) is 9.04. The Labute approximate surface area is 104 Å². The maximum atomic E-state index is 5.84. The molecule has 0 saturated heterocycles.